The molecule has 0 aromatic heterocycles. The molecular formula is C13H26O2S2. The molecule has 1 heterocycles. The van der Waals surface area contributed by atoms with E-state index < -0.39 is 0 Å². The first kappa shape index (κ1) is 15.7. The third kappa shape index (κ3) is 4.34. The molecule has 5 atom stereocenters. The topological polar surface area (TPSA) is 29.5 Å². The number of thioether (sulfide) groups is 2. The normalized spacial score (nSPS) is 38.3. The van der Waals surface area contributed by atoms with Crippen molar-refractivity contribution in [3.63, 3.8) is 0 Å². The van der Waals surface area contributed by atoms with Gasteiger partial charge in [0, 0.05) is 0 Å². The van der Waals surface area contributed by atoms with Crippen molar-refractivity contribution in [3.8, 4) is 0 Å². The summed E-state index contributed by atoms with van der Waals surface area (Å²) in [6.07, 6.45) is 3.42. The molecular weight excluding hydrogens is 252 g/mol. The van der Waals surface area contributed by atoms with Gasteiger partial charge in [-0.3, -0.25) is 0 Å². The Morgan fingerprint density at radius 2 is 1.76 bits per heavy atom. The van der Waals surface area contributed by atoms with Crippen LogP contribution in [0.5, 0.6) is 0 Å². The van der Waals surface area contributed by atoms with E-state index in [0.29, 0.717) is 17.8 Å². The number of rotatable bonds is 6. The maximum absolute atomic E-state index is 9.36. The predicted molar refractivity (Wildman–Crippen MR) is 78.7 cm³/mol. The summed E-state index contributed by atoms with van der Waals surface area (Å²) in [5.74, 6) is 4.04. The van der Waals surface area contributed by atoms with Crippen molar-refractivity contribution in [2.24, 2.45) is 17.8 Å². The molecule has 1 aliphatic heterocycles. The number of aliphatic hydroxyl groups is 1. The van der Waals surface area contributed by atoms with Crippen LogP contribution in [0.3, 0.4) is 0 Å². The van der Waals surface area contributed by atoms with E-state index in [2.05, 4.69) is 27.0 Å². The molecule has 1 rings (SSSR count). The van der Waals surface area contributed by atoms with Crippen molar-refractivity contribution in [1.29, 1.82) is 0 Å². The van der Waals surface area contributed by atoms with E-state index in [0.717, 1.165) is 5.75 Å². The summed E-state index contributed by atoms with van der Waals surface area (Å²) in [7, 11) is 0. The van der Waals surface area contributed by atoms with Crippen LogP contribution in [0, 0.1) is 17.8 Å². The van der Waals surface area contributed by atoms with Crippen LogP contribution in [0.25, 0.3) is 0 Å². The van der Waals surface area contributed by atoms with Crippen LogP contribution >= 0.6 is 23.5 Å². The molecule has 1 aliphatic rings. The molecule has 0 aromatic carbocycles. The highest BCUT2D eigenvalue weighted by Crippen LogP contribution is 2.39. The molecule has 1 fully saturated rings. The summed E-state index contributed by atoms with van der Waals surface area (Å²) >= 11 is 3.82. The Hall–Kier alpha value is 0.620. The molecule has 2 nitrogen and oxygen atoms in total. The van der Waals surface area contributed by atoms with E-state index in [1.165, 1.54) is 12.2 Å². The van der Waals surface area contributed by atoms with Gasteiger partial charge in [-0.15, -0.1) is 11.8 Å². The Kier molecular flexibility index (Phi) is 7.31. The highest BCUT2D eigenvalue weighted by atomic mass is 32.2. The smallest absolute Gasteiger partial charge is 0.106 e. The molecule has 17 heavy (non-hydrogen) atoms. The molecule has 5 unspecified atom stereocenters. The second-order valence-electron chi connectivity index (χ2n) is 5.02. The zero-order valence-corrected chi connectivity index (χ0v) is 13.0. The Morgan fingerprint density at radius 3 is 2.35 bits per heavy atom. The average Bonchev–Trinajstić information content (AvgIpc) is 2.34. The summed E-state index contributed by atoms with van der Waals surface area (Å²) < 4.78 is 6.02. The van der Waals surface area contributed by atoms with Crippen molar-refractivity contribution in [3.05, 3.63) is 0 Å². The van der Waals surface area contributed by atoms with Gasteiger partial charge in [0.1, 0.15) is 5.44 Å². The molecule has 0 saturated carbocycles. The Bertz CT molecular complexity index is 212. The van der Waals surface area contributed by atoms with Gasteiger partial charge in [0.15, 0.2) is 0 Å². The minimum Gasteiger partial charge on any atom is -0.394 e. The van der Waals surface area contributed by atoms with Crippen LogP contribution in [0.4, 0.5) is 0 Å². The van der Waals surface area contributed by atoms with Crippen LogP contribution in [0.1, 0.15) is 27.2 Å². The molecule has 0 bridgehead atoms. The first-order valence-electron chi connectivity index (χ1n) is 6.48. The number of ether oxygens (including phenoxy) is 1. The van der Waals surface area contributed by atoms with Crippen molar-refractivity contribution >= 4 is 23.5 Å². The van der Waals surface area contributed by atoms with E-state index in [-0.39, 0.29) is 18.1 Å². The van der Waals surface area contributed by atoms with Crippen LogP contribution in [0.2, 0.25) is 0 Å². The Labute approximate surface area is 114 Å². The Morgan fingerprint density at radius 1 is 1.06 bits per heavy atom. The molecule has 1 N–H and O–H groups in total. The molecule has 0 amide bonds. The van der Waals surface area contributed by atoms with Gasteiger partial charge < -0.3 is 9.84 Å². The Balaban J connectivity index is 2.42. The monoisotopic (exact) mass is 278 g/mol. The van der Waals surface area contributed by atoms with E-state index in [1.54, 1.807) is 0 Å². The standard InChI is InChI=1S/C13H26O2S2/c1-9-10(2)12(8-14)15-13(11(9)3)17-7-5-6-16-4/h9-14H,5-8H2,1-4H3. The number of aliphatic hydroxyl groups excluding tert-OH is 1. The fourth-order valence-corrected chi connectivity index (χ4v) is 4.22. The van der Waals surface area contributed by atoms with Gasteiger partial charge in [0.25, 0.3) is 0 Å². The van der Waals surface area contributed by atoms with Gasteiger partial charge in [-0.05, 0) is 41.9 Å². The fraction of sp³-hybridized carbons (Fsp3) is 1.00. The quantitative estimate of drug-likeness (QED) is 0.756. The molecule has 0 spiro atoms. The van der Waals surface area contributed by atoms with Gasteiger partial charge in [-0.25, -0.2) is 0 Å². The van der Waals surface area contributed by atoms with E-state index in [9.17, 15) is 5.11 Å². The third-order valence-corrected chi connectivity index (χ3v) is 6.03. The lowest BCUT2D eigenvalue weighted by atomic mass is 9.80. The lowest BCUT2D eigenvalue weighted by molar-refractivity contribution is -0.112. The largest absolute Gasteiger partial charge is 0.394 e. The summed E-state index contributed by atoms with van der Waals surface area (Å²) in [6.45, 7) is 6.91. The summed E-state index contributed by atoms with van der Waals surface area (Å²) in [5.41, 5.74) is 0.264. The van der Waals surface area contributed by atoms with Gasteiger partial charge in [0.2, 0.25) is 0 Å². The van der Waals surface area contributed by atoms with Crippen LogP contribution in [0.15, 0.2) is 0 Å². The maximum Gasteiger partial charge on any atom is 0.106 e. The second-order valence-corrected chi connectivity index (χ2v) is 7.21. The van der Waals surface area contributed by atoms with Gasteiger partial charge >= 0.3 is 0 Å². The van der Waals surface area contributed by atoms with E-state index in [1.807, 2.05) is 23.5 Å². The third-order valence-electron chi connectivity index (χ3n) is 3.94. The lowest BCUT2D eigenvalue weighted by Gasteiger charge is -2.43. The maximum atomic E-state index is 9.36. The van der Waals surface area contributed by atoms with Crippen LogP contribution < -0.4 is 0 Å². The van der Waals surface area contributed by atoms with Crippen molar-refractivity contribution in [1.82, 2.24) is 0 Å². The van der Waals surface area contributed by atoms with Crippen molar-refractivity contribution in [2.45, 2.75) is 38.7 Å². The van der Waals surface area contributed by atoms with E-state index in [4.69, 9.17) is 4.74 Å². The molecule has 1 saturated heterocycles. The highest BCUT2D eigenvalue weighted by molar-refractivity contribution is 8.00. The van der Waals surface area contributed by atoms with Crippen molar-refractivity contribution < 1.29 is 9.84 Å². The van der Waals surface area contributed by atoms with Crippen LogP contribution in [-0.2, 0) is 4.74 Å². The van der Waals surface area contributed by atoms with Crippen LogP contribution in [-0.4, -0.2) is 41.0 Å². The first-order valence-corrected chi connectivity index (χ1v) is 8.93. The molecule has 0 aliphatic carbocycles. The summed E-state index contributed by atoms with van der Waals surface area (Å²) in [4.78, 5) is 0. The molecule has 4 heteroatoms. The SMILES string of the molecule is CSCCCSC1OC(CO)C(C)C(C)C1C. The number of hydrogen-bond acceptors (Lipinski definition) is 4. The molecule has 102 valence electrons. The molecule has 0 aromatic rings. The minimum absolute atomic E-state index is 0.0271. The predicted octanol–water partition coefficient (Wildman–Crippen LogP) is 3.10. The second kappa shape index (κ2) is 7.93. The average molecular weight is 278 g/mol. The number of hydrogen-bond donors (Lipinski definition) is 1. The first-order chi connectivity index (χ1) is 8.11. The van der Waals surface area contributed by atoms with Gasteiger partial charge in [-0.1, -0.05) is 20.8 Å². The highest BCUT2D eigenvalue weighted by Gasteiger charge is 2.38. The molecule has 0 radical (unpaired) electrons. The van der Waals surface area contributed by atoms with Crippen molar-refractivity contribution in [2.75, 3.05) is 24.4 Å². The van der Waals surface area contributed by atoms with Gasteiger partial charge in [0.05, 0.1) is 12.7 Å². The van der Waals surface area contributed by atoms with E-state index >= 15 is 0 Å². The summed E-state index contributed by atoms with van der Waals surface area (Å²) in [6, 6.07) is 0. The lowest BCUT2D eigenvalue weighted by Crippen LogP contribution is -2.45. The zero-order valence-electron chi connectivity index (χ0n) is 11.4. The fourth-order valence-electron chi connectivity index (χ4n) is 2.29. The summed E-state index contributed by atoms with van der Waals surface area (Å²) in [5, 5.41) is 9.36. The minimum atomic E-state index is 0.0271. The van der Waals surface area contributed by atoms with Gasteiger partial charge in [-0.2, -0.15) is 11.8 Å². The zero-order chi connectivity index (χ0) is 12.8.